The van der Waals surface area contributed by atoms with Gasteiger partial charge in [0, 0.05) is 13.0 Å². The number of nitrogens with two attached hydrogens (primary N) is 1. The predicted molar refractivity (Wildman–Crippen MR) is 145 cm³/mol. The summed E-state index contributed by atoms with van der Waals surface area (Å²) in [6, 6.07) is 6.98. The third-order valence-corrected chi connectivity index (χ3v) is 6.71. The van der Waals surface area contributed by atoms with Crippen molar-refractivity contribution >= 4 is 17.7 Å². The fourth-order valence-electron chi connectivity index (χ4n) is 4.55. The quantitative estimate of drug-likeness (QED) is 0.111. The van der Waals surface area contributed by atoms with E-state index >= 15 is 0 Å². The van der Waals surface area contributed by atoms with Crippen molar-refractivity contribution in [2.75, 3.05) is 19.8 Å². The van der Waals surface area contributed by atoms with E-state index in [2.05, 4.69) is 12.2 Å². The van der Waals surface area contributed by atoms with Crippen LogP contribution in [0.25, 0.3) is 0 Å². The van der Waals surface area contributed by atoms with Gasteiger partial charge in [0.05, 0.1) is 24.3 Å². The van der Waals surface area contributed by atoms with Crippen LogP contribution in [0, 0.1) is 0 Å². The molecular weight excluding hydrogens is 452 g/mol. The normalized spacial score (nSPS) is 13.2. The van der Waals surface area contributed by atoms with E-state index in [1.165, 1.54) is 81.9 Å². The second kappa shape index (κ2) is 18.8. The molecule has 0 bridgehead atoms. The van der Waals surface area contributed by atoms with Crippen molar-refractivity contribution in [3.05, 3.63) is 47.5 Å². The number of unbranched alkanes of at least 4 members (excludes halogenated alkanes) is 13. The maximum atomic E-state index is 12.3. The lowest BCUT2D eigenvalue weighted by atomic mass is 10.1. The number of hydrogen-bond acceptors (Lipinski definition) is 4. The lowest BCUT2D eigenvalue weighted by molar-refractivity contribution is -0.118. The maximum absolute atomic E-state index is 12.3. The van der Waals surface area contributed by atoms with Crippen LogP contribution in [0.1, 0.15) is 123 Å². The van der Waals surface area contributed by atoms with E-state index in [1.807, 2.05) is 0 Å². The summed E-state index contributed by atoms with van der Waals surface area (Å²) >= 11 is 0. The minimum atomic E-state index is -0.211. The van der Waals surface area contributed by atoms with E-state index in [0.29, 0.717) is 37.3 Å². The Balaban J connectivity index is 1.29. The van der Waals surface area contributed by atoms with E-state index in [4.69, 9.17) is 10.5 Å². The van der Waals surface area contributed by atoms with Gasteiger partial charge in [-0.2, -0.15) is 0 Å². The molecule has 0 aromatic heterocycles. The van der Waals surface area contributed by atoms with Crippen LogP contribution in [0.5, 0.6) is 0 Å². The third-order valence-electron chi connectivity index (χ3n) is 6.71. The first kappa shape index (κ1) is 29.8. The highest BCUT2D eigenvalue weighted by Crippen LogP contribution is 2.22. The number of fused-ring (bicyclic) bond motifs is 1. The molecule has 1 aromatic carbocycles. The number of benzene rings is 1. The molecule has 0 saturated carbocycles. The molecule has 2 N–H and O–H groups in total. The Morgan fingerprint density at radius 2 is 1.17 bits per heavy atom. The number of amides is 3. The number of ether oxygens (including phenoxy) is 1. The zero-order valence-electron chi connectivity index (χ0n) is 22.1. The van der Waals surface area contributed by atoms with Gasteiger partial charge in [-0.3, -0.25) is 19.3 Å². The largest absolute Gasteiger partial charge is 0.380 e. The summed E-state index contributed by atoms with van der Waals surface area (Å²) in [5, 5.41) is 0. The van der Waals surface area contributed by atoms with Crippen molar-refractivity contribution in [1.29, 1.82) is 0 Å². The zero-order valence-corrected chi connectivity index (χ0v) is 22.1. The highest BCUT2D eigenvalue weighted by Gasteiger charge is 2.34. The van der Waals surface area contributed by atoms with Crippen molar-refractivity contribution in [3.8, 4) is 0 Å². The smallest absolute Gasteiger partial charge is 0.261 e. The van der Waals surface area contributed by atoms with E-state index in [0.717, 1.165) is 19.3 Å². The van der Waals surface area contributed by atoms with Gasteiger partial charge in [0.2, 0.25) is 5.91 Å². The number of imide groups is 1. The molecular formula is C30H46N2O4. The molecule has 1 heterocycles. The monoisotopic (exact) mass is 498 g/mol. The van der Waals surface area contributed by atoms with Crippen molar-refractivity contribution in [2.24, 2.45) is 5.73 Å². The number of hydrogen-bond donors (Lipinski definition) is 1. The van der Waals surface area contributed by atoms with Gasteiger partial charge in [0.1, 0.15) is 0 Å². The third kappa shape index (κ3) is 12.0. The average Bonchev–Trinajstić information content (AvgIpc) is 3.11. The SMILES string of the molecule is NC(=O)CCCCCCC/C=C\CCCCCCCCCCOCCN1C(=O)c2ccccc2C1=O. The van der Waals surface area contributed by atoms with Crippen molar-refractivity contribution in [1.82, 2.24) is 4.90 Å². The van der Waals surface area contributed by atoms with Gasteiger partial charge in [-0.1, -0.05) is 82.1 Å². The minimum Gasteiger partial charge on any atom is -0.380 e. The predicted octanol–water partition coefficient (Wildman–Crippen LogP) is 6.58. The molecule has 6 heteroatoms. The van der Waals surface area contributed by atoms with Crippen LogP contribution in [-0.4, -0.2) is 42.4 Å². The Labute approximate surface area is 217 Å². The number of carbonyl (C=O) groups is 3. The van der Waals surface area contributed by atoms with Crippen LogP contribution in [0.4, 0.5) is 0 Å². The Hall–Kier alpha value is -2.47. The number of rotatable bonds is 22. The molecule has 0 saturated heterocycles. The van der Waals surface area contributed by atoms with Gasteiger partial charge < -0.3 is 10.5 Å². The average molecular weight is 499 g/mol. The molecule has 0 atom stereocenters. The molecule has 0 aliphatic carbocycles. The summed E-state index contributed by atoms with van der Waals surface area (Å²) < 4.78 is 5.66. The second-order valence-corrected chi connectivity index (χ2v) is 9.78. The van der Waals surface area contributed by atoms with Gasteiger partial charge in [0.25, 0.3) is 11.8 Å². The second-order valence-electron chi connectivity index (χ2n) is 9.78. The number of carbonyl (C=O) groups excluding carboxylic acids is 3. The van der Waals surface area contributed by atoms with Crippen LogP contribution in [0.3, 0.4) is 0 Å². The van der Waals surface area contributed by atoms with E-state index in [9.17, 15) is 14.4 Å². The summed E-state index contributed by atoms with van der Waals surface area (Å²) in [5.74, 6) is -0.606. The summed E-state index contributed by atoms with van der Waals surface area (Å²) in [5.41, 5.74) is 6.13. The van der Waals surface area contributed by atoms with E-state index < -0.39 is 0 Å². The van der Waals surface area contributed by atoms with Crippen LogP contribution in [0.2, 0.25) is 0 Å². The molecule has 36 heavy (non-hydrogen) atoms. The Kier molecular flexibility index (Phi) is 15.5. The molecule has 6 nitrogen and oxygen atoms in total. The Bertz CT molecular complexity index is 786. The molecule has 0 fully saturated rings. The Morgan fingerprint density at radius 1 is 0.694 bits per heavy atom. The van der Waals surface area contributed by atoms with Crippen LogP contribution >= 0.6 is 0 Å². The molecule has 200 valence electrons. The van der Waals surface area contributed by atoms with E-state index in [-0.39, 0.29) is 17.7 Å². The first-order valence-electron chi connectivity index (χ1n) is 14.1. The molecule has 1 aliphatic rings. The standard InChI is InChI=1S/C30H46N2O4/c31-28(33)22-16-14-12-10-8-6-4-2-1-3-5-7-9-11-13-15-19-24-36-25-23-32-29(34)26-20-17-18-21-27(26)30(32)35/h2,4,17-18,20-21H,1,3,5-16,19,22-25H2,(H2,31,33)/b4-2-. The van der Waals surface area contributed by atoms with Crippen LogP contribution in [0.15, 0.2) is 36.4 Å². The topological polar surface area (TPSA) is 89.7 Å². The molecule has 0 radical (unpaired) electrons. The van der Waals surface area contributed by atoms with E-state index in [1.54, 1.807) is 24.3 Å². The number of nitrogens with zero attached hydrogens (tertiary/aromatic N) is 1. The summed E-state index contributed by atoms with van der Waals surface area (Å²) in [7, 11) is 0. The van der Waals surface area contributed by atoms with Gasteiger partial charge in [0.15, 0.2) is 0 Å². The van der Waals surface area contributed by atoms with Crippen molar-refractivity contribution < 1.29 is 19.1 Å². The highest BCUT2D eigenvalue weighted by molar-refractivity contribution is 6.21. The summed E-state index contributed by atoms with van der Waals surface area (Å²) in [6.07, 6.45) is 23.2. The van der Waals surface area contributed by atoms with Crippen molar-refractivity contribution in [3.63, 3.8) is 0 Å². The van der Waals surface area contributed by atoms with Gasteiger partial charge >= 0.3 is 0 Å². The number of primary amides is 1. The van der Waals surface area contributed by atoms with Gasteiger partial charge in [-0.05, 0) is 50.7 Å². The molecule has 1 aliphatic heterocycles. The fourth-order valence-corrected chi connectivity index (χ4v) is 4.55. The molecule has 2 rings (SSSR count). The molecule has 0 unspecified atom stereocenters. The lowest BCUT2D eigenvalue weighted by Crippen LogP contribution is -2.33. The maximum Gasteiger partial charge on any atom is 0.261 e. The van der Waals surface area contributed by atoms with Crippen LogP contribution in [-0.2, 0) is 9.53 Å². The number of allylic oxidation sites excluding steroid dienone is 2. The fraction of sp³-hybridized carbons (Fsp3) is 0.633. The highest BCUT2D eigenvalue weighted by atomic mass is 16.5. The van der Waals surface area contributed by atoms with Crippen molar-refractivity contribution in [2.45, 2.75) is 103 Å². The molecule has 0 spiro atoms. The molecule has 3 amide bonds. The first-order valence-corrected chi connectivity index (χ1v) is 14.1. The zero-order chi connectivity index (χ0) is 25.8. The summed E-state index contributed by atoms with van der Waals surface area (Å²) in [6.45, 7) is 1.41. The summed E-state index contributed by atoms with van der Waals surface area (Å²) in [4.78, 5) is 36.6. The Morgan fingerprint density at radius 3 is 1.69 bits per heavy atom. The minimum absolute atomic E-state index is 0.183. The lowest BCUT2D eigenvalue weighted by Gasteiger charge is -2.13. The first-order chi connectivity index (χ1) is 17.6. The molecule has 1 aromatic rings. The van der Waals surface area contributed by atoms with Gasteiger partial charge in [-0.25, -0.2) is 0 Å². The van der Waals surface area contributed by atoms with Crippen LogP contribution < -0.4 is 5.73 Å². The van der Waals surface area contributed by atoms with Gasteiger partial charge in [-0.15, -0.1) is 0 Å².